The lowest BCUT2D eigenvalue weighted by Crippen LogP contribution is -2.27. The Labute approximate surface area is 103 Å². The van der Waals surface area contributed by atoms with Crippen LogP contribution in [0.5, 0.6) is 11.5 Å². The van der Waals surface area contributed by atoms with Gasteiger partial charge in [-0.15, -0.1) is 0 Å². The molecule has 1 aliphatic carbocycles. The molecule has 0 aliphatic heterocycles. The maximum Gasteiger partial charge on any atom is 0.195 e. The monoisotopic (exact) mass is 244 g/mol. The molecule has 4 heteroatoms. The molecule has 3 N–H and O–H groups in total. The van der Waals surface area contributed by atoms with Crippen molar-refractivity contribution in [2.75, 3.05) is 0 Å². The van der Waals surface area contributed by atoms with Crippen LogP contribution in [0.2, 0.25) is 0 Å². The smallest absolute Gasteiger partial charge is 0.195 e. The number of aliphatic hydroxyl groups is 1. The number of aliphatic hydroxyl groups excluding tert-OH is 1. The van der Waals surface area contributed by atoms with E-state index in [1.165, 1.54) is 6.07 Å². The Morgan fingerprint density at radius 2 is 2.00 bits per heavy atom. The normalized spacial score (nSPS) is 18.9. The van der Waals surface area contributed by atoms with Gasteiger partial charge < -0.3 is 15.3 Å². The summed E-state index contributed by atoms with van der Waals surface area (Å²) in [6.45, 7) is 0. The first-order valence-electron chi connectivity index (χ1n) is 5.78. The molecule has 3 rings (SSSR count). The van der Waals surface area contributed by atoms with Crippen LogP contribution in [-0.2, 0) is 6.42 Å². The molecular weight excluding hydrogens is 232 g/mol. The molecule has 1 atom stereocenters. The average Bonchev–Trinajstić information content (AvgIpc) is 2.34. The van der Waals surface area contributed by atoms with Crippen LogP contribution in [0, 0.1) is 0 Å². The molecule has 0 saturated carbocycles. The van der Waals surface area contributed by atoms with E-state index in [4.69, 9.17) is 0 Å². The number of phenolic OH excluding ortho intramolecular Hbond substituents is 2. The maximum atomic E-state index is 11.9. The number of benzene rings is 2. The van der Waals surface area contributed by atoms with Crippen LogP contribution in [0.1, 0.15) is 22.3 Å². The molecule has 4 nitrogen and oxygen atoms in total. The number of carbonyl (C=O) groups is 1. The molecule has 0 spiro atoms. The van der Waals surface area contributed by atoms with E-state index in [2.05, 4.69) is 0 Å². The van der Waals surface area contributed by atoms with Crippen LogP contribution in [0.4, 0.5) is 0 Å². The van der Waals surface area contributed by atoms with Crippen molar-refractivity contribution >= 4 is 16.6 Å². The molecule has 0 fully saturated rings. The highest BCUT2D eigenvalue weighted by Gasteiger charge is 2.30. The highest BCUT2D eigenvalue weighted by atomic mass is 16.3. The fraction of sp³-hybridized carbons (Fsp3) is 0.214. The lowest BCUT2D eigenvalue weighted by Gasteiger charge is -2.21. The summed E-state index contributed by atoms with van der Waals surface area (Å²) in [5, 5.41) is 30.5. The van der Waals surface area contributed by atoms with Crippen LogP contribution in [-0.4, -0.2) is 27.2 Å². The quantitative estimate of drug-likeness (QED) is 0.659. The van der Waals surface area contributed by atoms with Crippen molar-refractivity contribution in [1.82, 2.24) is 0 Å². The van der Waals surface area contributed by atoms with Gasteiger partial charge in [0, 0.05) is 0 Å². The maximum absolute atomic E-state index is 11.9. The van der Waals surface area contributed by atoms with Gasteiger partial charge in [-0.2, -0.15) is 0 Å². The number of aryl methyl sites for hydroxylation is 1. The molecule has 0 bridgehead atoms. The largest absolute Gasteiger partial charge is 0.507 e. The molecule has 1 aliphatic rings. The second kappa shape index (κ2) is 3.71. The Kier molecular flexibility index (Phi) is 2.28. The fourth-order valence-electron chi connectivity index (χ4n) is 2.53. The summed E-state index contributed by atoms with van der Waals surface area (Å²) in [7, 11) is 0. The van der Waals surface area contributed by atoms with Gasteiger partial charge in [0.2, 0.25) is 0 Å². The minimum Gasteiger partial charge on any atom is -0.507 e. The van der Waals surface area contributed by atoms with Crippen LogP contribution < -0.4 is 0 Å². The zero-order chi connectivity index (χ0) is 12.9. The van der Waals surface area contributed by atoms with Crippen molar-refractivity contribution in [1.29, 1.82) is 0 Å². The second-order valence-corrected chi connectivity index (χ2v) is 4.55. The minimum atomic E-state index is -1.06. The third-order valence-electron chi connectivity index (χ3n) is 3.44. The molecule has 0 radical (unpaired) electrons. The summed E-state index contributed by atoms with van der Waals surface area (Å²) < 4.78 is 0. The number of ketones is 1. The average molecular weight is 244 g/mol. The Hall–Kier alpha value is -2.07. The summed E-state index contributed by atoms with van der Waals surface area (Å²) in [5.74, 6) is -0.774. The Bertz CT molecular complexity index is 660. The molecule has 0 saturated heterocycles. The molecule has 0 amide bonds. The third kappa shape index (κ3) is 1.39. The number of phenols is 2. The van der Waals surface area contributed by atoms with Gasteiger partial charge >= 0.3 is 0 Å². The molecule has 2 aromatic carbocycles. The SMILES string of the molecule is O=C1c2c(cc3cccc(O)c3c2O)CCC1O. The van der Waals surface area contributed by atoms with Gasteiger partial charge in [-0.3, -0.25) is 4.79 Å². The first-order valence-corrected chi connectivity index (χ1v) is 5.78. The van der Waals surface area contributed by atoms with Gasteiger partial charge in [-0.25, -0.2) is 0 Å². The number of fused-ring (bicyclic) bond motifs is 2. The van der Waals surface area contributed by atoms with E-state index in [-0.39, 0.29) is 22.4 Å². The number of carbonyl (C=O) groups excluding carboxylic acids is 1. The highest BCUT2D eigenvalue weighted by molar-refractivity contribution is 6.10. The lowest BCUT2D eigenvalue weighted by atomic mass is 9.85. The number of rotatable bonds is 0. The van der Waals surface area contributed by atoms with Crippen LogP contribution in [0.15, 0.2) is 24.3 Å². The topological polar surface area (TPSA) is 77.8 Å². The molecule has 1 unspecified atom stereocenters. The van der Waals surface area contributed by atoms with E-state index in [1.54, 1.807) is 18.2 Å². The van der Waals surface area contributed by atoms with Gasteiger partial charge in [0.15, 0.2) is 5.78 Å². The summed E-state index contributed by atoms with van der Waals surface area (Å²) in [4.78, 5) is 11.9. The van der Waals surface area contributed by atoms with Crippen molar-refractivity contribution in [2.45, 2.75) is 18.9 Å². The first kappa shape index (κ1) is 11.0. The van der Waals surface area contributed by atoms with E-state index >= 15 is 0 Å². The van der Waals surface area contributed by atoms with Crippen molar-refractivity contribution < 1.29 is 20.1 Å². The molecule has 92 valence electrons. The van der Waals surface area contributed by atoms with E-state index in [9.17, 15) is 20.1 Å². The molecule has 2 aromatic rings. The summed E-state index contributed by atoms with van der Waals surface area (Å²) >= 11 is 0. The van der Waals surface area contributed by atoms with Crippen LogP contribution in [0.3, 0.4) is 0 Å². The summed E-state index contributed by atoms with van der Waals surface area (Å²) in [6, 6.07) is 6.69. The van der Waals surface area contributed by atoms with Crippen molar-refractivity contribution in [3.05, 3.63) is 35.4 Å². The lowest BCUT2D eigenvalue weighted by molar-refractivity contribution is 0.0709. The van der Waals surface area contributed by atoms with E-state index in [0.29, 0.717) is 18.2 Å². The van der Waals surface area contributed by atoms with Gasteiger partial charge in [0.05, 0.1) is 10.9 Å². The van der Waals surface area contributed by atoms with E-state index < -0.39 is 11.9 Å². The first-order chi connectivity index (χ1) is 8.59. The van der Waals surface area contributed by atoms with E-state index in [1.807, 2.05) is 0 Å². The zero-order valence-electron chi connectivity index (χ0n) is 9.55. The van der Waals surface area contributed by atoms with Gasteiger partial charge in [-0.1, -0.05) is 18.2 Å². The predicted molar refractivity (Wildman–Crippen MR) is 65.9 cm³/mol. The molecule has 18 heavy (non-hydrogen) atoms. The molecular formula is C14H12O4. The molecule has 0 heterocycles. The number of hydrogen-bond donors (Lipinski definition) is 3. The van der Waals surface area contributed by atoms with Crippen molar-refractivity contribution in [3.63, 3.8) is 0 Å². The highest BCUT2D eigenvalue weighted by Crippen LogP contribution is 2.39. The fourth-order valence-corrected chi connectivity index (χ4v) is 2.53. The standard InChI is InChI=1S/C14H12O4/c15-9-3-1-2-7-6-8-4-5-10(16)13(17)12(8)14(18)11(7)9/h1-3,6,10,15-16,18H,4-5H2. The van der Waals surface area contributed by atoms with E-state index in [0.717, 1.165) is 5.56 Å². The Balaban J connectivity index is 2.40. The predicted octanol–water partition coefficient (Wildman–Crippen LogP) is 1.74. The van der Waals surface area contributed by atoms with Gasteiger partial charge in [0.25, 0.3) is 0 Å². The van der Waals surface area contributed by atoms with Crippen molar-refractivity contribution in [2.24, 2.45) is 0 Å². The van der Waals surface area contributed by atoms with Gasteiger partial charge in [0.1, 0.15) is 17.6 Å². The minimum absolute atomic E-state index is 0.0688. The summed E-state index contributed by atoms with van der Waals surface area (Å²) in [6.07, 6.45) is -0.150. The number of hydrogen-bond acceptors (Lipinski definition) is 4. The molecule has 0 aromatic heterocycles. The van der Waals surface area contributed by atoms with Gasteiger partial charge in [-0.05, 0) is 29.9 Å². The second-order valence-electron chi connectivity index (χ2n) is 4.55. The Morgan fingerprint density at radius 1 is 1.22 bits per heavy atom. The van der Waals surface area contributed by atoms with Crippen molar-refractivity contribution in [3.8, 4) is 11.5 Å². The third-order valence-corrected chi connectivity index (χ3v) is 3.44. The van der Waals surface area contributed by atoms with Crippen LogP contribution >= 0.6 is 0 Å². The number of Topliss-reactive ketones (excluding diaryl/α,β-unsaturated/α-hetero) is 1. The number of aromatic hydroxyl groups is 2. The van der Waals surface area contributed by atoms with Crippen LogP contribution in [0.25, 0.3) is 10.8 Å². The Morgan fingerprint density at radius 3 is 2.78 bits per heavy atom. The summed E-state index contributed by atoms with van der Waals surface area (Å²) in [5.41, 5.74) is 0.864. The zero-order valence-corrected chi connectivity index (χ0v) is 9.55.